The van der Waals surface area contributed by atoms with Crippen LogP contribution >= 0.6 is 0 Å². The molecule has 24 heavy (non-hydrogen) atoms. The second-order valence-electron chi connectivity index (χ2n) is 5.00. The number of methoxy groups -OCH3 is 1. The number of carbonyl (C=O) groups is 1. The number of anilines is 1. The number of nitrogens with one attached hydrogen (secondary N) is 2. The average molecular weight is 318 g/mol. The van der Waals surface area contributed by atoms with E-state index < -0.39 is 5.91 Å². The molecular weight excluding hydrogens is 304 g/mol. The van der Waals surface area contributed by atoms with Gasteiger partial charge in [-0.1, -0.05) is 18.2 Å². The highest BCUT2D eigenvalue weighted by Gasteiger charge is 2.11. The Morgan fingerprint density at radius 1 is 1.33 bits per heavy atom. The van der Waals surface area contributed by atoms with Crippen LogP contribution in [0.25, 0.3) is 17.0 Å². The molecule has 2 heterocycles. The number of H-pyrrole nitrogens is 1. The maximum absolute atomic E-state index is 12.3. The number of hydrogen-bond acceptors (Lipinski definition) is 4. The lowest BCUT2D eigenvalue weighted by Crippen LogP contribution is -2.13. The Kier molecular flexibility index (Phi) is 4.25. The molecule has 0 radical (unpaired) electrons. The third-order valence-corrected chi connectivity index (χ3v) is 3.49. The summed E-state index contributed by atoms with van der Waals surface area (Å²) in [6, 6.07) is 12.9. The SMILES string of the molecule is COc1ccc(NC(=O)/C(C#N)=C/c2c[nH]c3ccccc23)cn1. The lowest BCUT2D eigenvalue weighted by Gasteiger charge is -2.04. The van der Waals surface area contributed by atoms with E-state index in [9.17, 15) is 10.1 Å². The number of nitriles is 1. The molecule has 3 rings (SSSR count). The summed E-state index contributed by atoms with van der Waals surface area (Å²) < 4.78 is 4.96. The summed E-state index contributed by atoms with van der Waals surface area (Å²) in [4.78, 5) is 19.4. The van der Waals surface area contributed by atoms with Gasteiger partial charge in [-0.25, -0.2) is 4.98 Å². The minimum atomic E-state index is -0.491. The number of rotatable bonds is 4. The summed E-state index contributed by atoms with van der Waals surface area (Å²) in [6.07, 6.45) is 4.80. The number of pyridine rings is 1. The average Bonchev–Trinajstić information content (AvgIpc) is 3.03. The molecule has 2 aromatic heterocycles. The highest BCUT2D eigenvalue weighted by Crippen LogP contribution is 2.21. The Labute approximate surface area is 138 Å². The maximum atomic E-state index is 12.3. The summed E-state index contributed by atoms with van der Waals surface area (Å²) in [5, 5.41) is 12.9. The fourth-order valence-corrected chi connectivity index (χ4v) is 2.29. The van der Waals surface area contributed by atoms with Crippen LogP contribution in [0.4, 0.5) is 5.69 Å². The maximum Gasteiger partial charge on any atom is 0.266 e. The monoisotopic (exact) mass is 318 g/mol. The molecule has 0 atom stereocenters. The van der Waals surface area contributed by atoms with Crippen LogP contribution in [0.15, 0.2) is 54.4 Å². The van der Waals surface area contributed by atoms with Crippen molar-refractivity contribution in [1.82, 2.24) is 9.97 Å². The van der Waals surface area contributed by atoms with Gasteiger partial charge in [-0.15, -0.1) is 0 Å². The third-order valence-electron chi connectivity index (χ3n) is 3.49. The van der Waals surface area contributed by atoms with Crippen molar-refractivity contribution in [2.75, 3.05) is 12.4 Å². The van der Waals surface area contributed by atoms with Gasteiger partial charge in [0.05, 0.1) is 19.0 Å². The van der Waals surface area contributed by atoms with E-state index in [4.69, 9.17) is 4.74 Å². The summed E-state index contributed by atoms with van der Waals surface area (Å²) in [7, 11) is 1.51. The van der Waals surface area contributed by atoms with Gasteiger partial charge in [-0.2, -0.15) is 5.26 Å². The summed E-state index contributed by atoms with van der Waals surface area (Å²) in [6.45, 7) is 0. The minimum Gasteiger partial charge on any atom is -0.481 e. The Morgan fingerprint density at radius 2 is 2.17 bits per heavy atom. The molecule has 2 N–H and O–H groups in total. The molecule has 0 saturated carbocycles. The minimum absolute atomic E-state index is 0.00979. The molecule has 0 aliphatic rings. The number of benzene rings is 1. The molecule has 0 fully saturated rings. The quantitative estimate of drug-likeness (QED) is 0.571. The van der Waals surface area contributed by atoms with Gasteiger partial charge >= 0.3 is 0 Å². The molecule has 6 nitrogen and oxygen atoms in total. The topological polar surface area (TPSA) is 90.8 Å². The van der Waals surface area contributed by atoms with Crippen molar-refractivity contribution in [1.29, 1.82) is 5.26 Å². The standard InChI is InChI=1S/C18H14N4O2/c1-24-17-7-6-14(11-21-17)22-18(23)12(9-19)8-13-10-20-16-5-3-2-4-15(13)16/h2-8,10-11,20H,1H3,(H,22,23)/b12-8+. The zero-order valence-electron chi connectivity index (χ0n) is 12.9. The Morgan fingerprint density at radius 3 is 2.88 bits per heavy atom. The van der Waals surface area contributed by atoms with E-state index in [1.807, 2.05) is 30.3 Å². The van der Waals surface area contributed by atoms with Crippen LogP contribution in [0.3, 0.4) is 0 Å². The summed E-state index contributed by atoms with van der Waals surface area (Å²) in [5.74, 6) is -0.0439. The summed E-state index contributed by atoms with van der Waals surface area (Å²) >= 11 is 0. The number of ether oxygens (including phenoxy) is 1. The van der Waals surface area contributed by atoms with Crippen molar-refractivity contribution in [3.05, 3.63) is 59.9 Å². The molecule has 1 amide bonds. The normalized spacial score (nSPS) is 11.1. The molecule has 0 aliphatic carbocycles. The van der Waals surface area contributed by atoms with Crippen molar-refractivity contribution >= 4 is 28.6 Å². The van der Waals surface area contributed by atoms with E-state index >= 15 is 0 Å². The van der Waals surface area contributed by atoms with Gasteiger partial charge in [0.2, 0.25) is 5.88 Å². The zero-order valence-corrected chi connectivity index (χ0v) is 12.9. The lowest BCUT2D eigenvalue weighted by molar-refractivity contribution is -0.112. The highest BCUT2D eigenvalue weighted by atomic mass is 16.5. The smallest absolute Gasteiger partial charge is 0.266 e. The molecule has 0 unspecified atom stereocenters. The van der Waals surface area contributed by atoms with E-state index in [-0.39, 0.29) is 5.57 Å². The van der Waals surface area contributed by atoms with Gasteiger partial charge in [0.15, 0.2) is 0 Å². The molecule has 0 saturated heterocycles. The van der Waals surface area contributed by atoms with Crippen molar-refractivity contribution in [3.8, 4) is 11.9 Å². The van der Waals surface area contributed by atoms with Crippen molar-refractivity contribution < 1.29 is 9.53 Å². The molecule has 1 aromatic carbocycles. The van der Waals surface area contributed by atoms with Gasteiger partial charge in [-0.3, -0.25) is 4.79 Å². The van der Waals surface area contributed by atoms with Gasteiger partial charge in [0.1, 0.15) is 11.6 Å². The first kappa shape index (κ1) is 15.3. The molecule has 0 aliphatic heterocycles. The van der Waals surface area contributed by atoms with Crippen LogP contribution in [0.5, 0.6) is 5.88 Å². The van der Waals surface area contributed by atoms with Gasteiger partial charge < -0.3 is 15.0 Å². The third kappa shape index (κ3) is 3.10. The second-order valence-corrected chi connectivity index (χ2v) is 5.00. The Bertz CT molecular complexity index is 949. The van der Waals surface area contributed by atoms with Crippen LogP contribution in [-0.2, 0) is 4.79 Å². The first-order valence-corrected chi connectivity index (χ1v) is 7.20. The first-order chi connectivity index (χ1) is 11.7. The lowest BCUT2D eigenvalue weighted by atomic mass is 10.1. The van der Waals surface area contributed by atoms with E-state index in [1.165, 1.54) is 13.3 Å². The van der Waals surface area contributed by atoms with Crippen molar-refractivity contribution in [3.63, 3.8) is 0 Å². The number of hydrogen-bond donors (Lipinski definition) is 2. The van der Waals surface area contributed by atoms with Crippen LogP contribution < -0.4 is 10.1 Å². The highest BCUT2D eigenvalue weighted by molar-refractivity contribution is 6.10. The molecule has 0 spiro atoms. The van der Waals surface area contributed by atoms with Gasteiger partial charge in [0.25, 0.3) is 5.91 Å². The number of nitrogens with zero attached hydrogens (tertiary/aromatic N) is 2. The first-order valence-electron chi connectivity index (χ1n) is 7.20. The predicted molar refractivity (Wildman–Crippen MR) is 91.3 cm³/mol. The second kappa shape index (κ2) is 6.67. The fraction of sp³-hybridized carbons (Fsp3) is 0.0556. The van der Waals surface area contributed by atoms with Crippen LogP contribution in [-0.4, -0.2) is 23.0 Å². The number of aromatic amines is 1. The fourth-order valence-electron chi connectivity index (χ4n) is 2.29. The number of fused-ring (bicyclic) bond motifs is 1. The zero-order chi connectivity index (χ0) is 16.9. The summed E-state index contributed by atoms with van der Waals surface area (Å²) in [5.41, 5.74) is 2.22. The van der Waals surface area contributed by atoms with Crippen LogP contribution in [0.1, 0.15) is 5.56 Å². The molecule has 3 aromatic rings. The van der Waals surface area contributed by atoms with Crippen LogP contribution in [0, 0.1) is 11.3 Å². The Hall–Kier alpha value is -3.59. The Balaban J connectivity index is 1.84. The van der Waals surface area contributed by atoms with Gasteiger partial charge in [-0.05, 0) is 18.2 Å². The van der Waals surface area contributed by atoms with Gasteiger partial charge in [0, 0.05) is 28.7 Å². The molecule has 6 heteroatoms. The molecule has 118 valence electrons. The molecular formula is C18H14N4O2. The van der Waals surface area contributed by atoms with Crippen molar-refractivity contribution in [2.24, 2.45) is 0 Å². The van der Waals surface area contributed by atoms with Crippen LogP contribution in [0.2, 0.25) is 0 Å². The number of carbonyl (C=O) groups excluding carboxylic acids is 1. The predicted octanol–water partition coefficient (Wildman–Crippen LogP) is 3.12. The van der Waals surface area contributed by atoms with E-state index in [1.54, 1.807) is 24.4 Å². The number of amides is 1. The van der Waals surface area contributed by atoms with E-state index in [2.05, 4.69) is 15.3 Å². The van der Waals surface area contributed by atoms with Crippen molar-refractivity contribution in [2.45, 2.75) is 0 Å². The largest absolute Gasteiger partial charge is 0.481 e. The van der Waals surface area contributed by atoms with E-state index in [0.717, 1.165) is 16.5 Å². The van der Waals surface area contributed by atoms with E-state index in [0.29, 0.717) is 11.6 Å². The number of para-hydroxylation sites is 1. The number of aromatic nitrogens is 2. The molecule has 0 bridgehead atoms.